The summed E-state index contributed by atoms with van der Waals surface area (Å²) in [6, 6.07) is 8.12. The third-order valence-corrected chi connectivity index (χ3v) is 4.41. The van der Waals surface area contributed by atoms with E-state index < -0.39 is 0 Å². The van der Waals surface area contributed by atoms with Crippen LogP contribution in [0.5, 0.6) is 0 Å². The molecular formula is C16H20N4O2S. The number of methoxy groups -OCH3 is 1. The van der Waals surface area contributed by atoms with Crippen molar-refractivity contribution in [1.82, 2.24) is 19.7 Å². The van der Waals surface area contributed by atoms with Crippen molar-refractivity contribution in [2.24, 2.45) is 0 Å². The Bertz CT molecular complexity index is 768. The highest BCUT2D eigenvalue weighted by Gasteiger charge is 2.13. The van der Waals surface area contributed by atoms with Crippen LogP contribution in [0.3, 0.4) is 0 Å². The molecule has 0 saturated heterocycles. The largest absolute Gasteiger partial charge is 0.383 e. The minimum atomic E-state index is 0.618. The molecular weight excluding hydrogens is 312 g/mol. The van der Waals surface area contributed by atoms with Gasteiger partial charge in [-0.05, 0) is 18.6 Å². The average Bonchev–Trinajstić information content (AvgIpc) is 3.15. The average molecular weight is 332 g/mol. The predicted octanol–water partition coefficient (Wildman–Crippen LogP) is 3.31. The van der Waals surface area contributed by atoms with Crippen LogP contribution in [-0.2, 0) is 23.5 Å². The van der Waals surface area contributed by atoms with Crippen LogP contribution in [0.1, 0.15) is 25.1 Å². The van der Waals surface area contributed by atoms with Crippen molar-refractivity contribution in [3.05, 3.63) is 36.0 Å². The minimum Gasteiger partial charge on any atom is -0.383 e. The van der Waals surface area contributed by atoms with Gasteiger partial charge in [0, 0.05) is 20.1 Å². The van der Waals surface area contributed by atoms with Crippen LogP contribution < -0.4 is 0 Å². The highest BCUT2D eigenvalue weighted by Crippen LogP contribution is 2.26. The predicted molar refractivity (Wildman–Crippen MR) is 89.5 cm³/mol. The van der Waals surface area contributed by atoms with Crippen molar-refractivity contribution in [2.45, 2.75) is 37.2 Å². The first-order chi connectivity index (χ1) is 11.3. The number of hydrogen-bond donors (Lipinski definition) is 0. The lowest BCUT2D eigenvalue weighted by molar-refractivity contribution is 0.186. The topological polar surface area (TPSA) is 66.0 Å². The van der Waals surface area contributed by atoms with Crippen LogP contribution >= 0.6 is 11.8 Å². The number of ether oxygens (including phenoxy) is 1. The fraction of sp³-hybridized carbons (Fsp3) is 0.438. The molecule has 2 heterocycles. The monoisotopic (exact) mass is 332 g/mol. The van der Waals surface area contributed by atoms with Crippen molar-refractivity contribution in [3.63, 3.8) is 0 Å². The number of rotatable bonds is 8. The number of aromatic nitrogens is 4. The van der Waals surface area contributed by atoms with Crippen LogP contribution in [0.25, 0.3) is 11.0 Å². The molecule has 122 valence electrons. The van der Waals surface area contributed by atoms with Crippen LogP contribution in [0, 0.1) is 0 Å². The van der Waals surface area contributed by atoms with Crippen LogP contribution in [0.2, 0.25) is 0 Å². The van der Waals surface area contributed by atoms with E-state index in [9.17, 15) is 0 Å². The fourth-order valence-electron chi connectivity index (χ4n) is 2.36. The molecule has 0 amide bonds. The molecule has 2 aromatic heterocycles. The van der Waals surface area contributed by atoms with Gasteiger partial charge in [-0.1, -0.05) is 36.0 Å². The normalized spacial score (nSPS) is 11.4. The van der Waals surface area contributed by atoms with Gasteiger partial charge in [0.2, 0.25) is 5.89 Å². The van der Waals surface area contributed by atoms with E-state index in [1.165, 1.54) is 0 Å². The molecule has 0 radical (unpaired) electrons. The van der Waals surface area contributed by atoms with Crippen molar-refractivity contribution >= 4 is 22.8 Å². The molecule has 0 fully saturated rings. The molecule has 0 aliphatic heterocycles. The van der Waals surface area contributed by atoms with Gasteiger partial charge in [-0.15, -0.1) is 0 Å². The first-order valence-electron chi connectivity index (χ1n) is 7.70. The number of hydrogen-bond acceptors (Lipinski definition) is 6. The Morgan fingerprint density at radius 2 is 2.13 bits per heavy atom. The first-order valence-corrected chi connectivity index (χ1v) is 8.69. The second-order valence-electron chi connectivity index (χ2n) is 5.17. The third-order valence-electron chi connectivity index (χ3n) is 3.45. The summed E-state index contributed by atoms with van der Waals surface area (Å²) in [5.74, 6) is 2.03. The minimum absolute atomic E-state index is 0.618. The lowest BCUT2D eigenvalue weighted by atomic mass is 10.3. The maximum atomic E-state index is 5.29. The number of fused-ring (bicyclic) bond motifs is 1. The molecule has 0 N–H and O–H groups in total. The van der Waals surface area contributed by atoms with Gasteiger partial charge in [0.15, 0.2) is 11.0 Å². The fourth-order valence-corrected chi connectivity index (χ4v) is 3.24. The summed E-state index contributed by atoms with van der Waals surface area (Å²) in [6.07, 6.45) is 1.86. The lowest BCUT2D eigenvalue weighted by Gasteiger charge is -2.07. The molecule has 0 aliphatic rings. The van der Waals surface area contributed by atoms with Gasteiger partial charge in [0.1, 0.15) is 0 Å². The molecule has 0 aliphatic carbocycles. The summed E-state index contributed by atoms with van der Waals surface area (Å²) >= 11 is 1.61. The van der Waals surface area contributed by atoms with Crippen LogP contribution in [0.15, 0.2) is 33.9 Å². The second-order valence-corrected chi connectivity index (χ2v) is 6.11. The third kappa shape index (κ3) is 3.73. The van der Waals surface area contributed by atoms with Gasteiger partial charge in [-0.3, -0.25) is 0 Å². The van der Waals surface area contributed by atoms with E-state index >= 15 is 0 Å². The van der Waals surface area contributed by atoms with E-state index in [-0.39, 0.29) is 0 Å². The van der Waals surface area contributed by atoms with Crippen LogP contribution in [0.4, 0.5) is 0 Å². The Balaban J connectivity index is 1.77. The van der Waals surface area contributed by atoms with E-state index in [1.54, 1.807) is 18.9 Å². The highest BCUT2D eigenvalue weighted by atomic mass is 32.2. The van der Waals surface area contributed by atoms with Gasteiger partial charge in [-0.25, -0.2) is 4.98 Å². The summed E-state index contributed by atoms with van der Waals surface area (Å²) in [5, 5.41) is 4.93. The van der Waals surface area contributed by atoms with Gasteiger partial charge in [0.25, 0.3) is 0 Å². The Labute approximate surface area is 139 Å². The highest BCUT2D eigenvalue weighted by molar-refractivity contribution is 7.98. The van der Waals surface area contributed by atoms with E-state index in [0.717, 1.165) is 41.4 Å². The standard InChI is InChI=1S/C16H20N4O2S/c1-3-6-14-18-15(22-19-14)11-23-16-17-12-7-4-5-8-13(12)20(16)9-10-21-2/h4-5,7-8H,3,6,9-11H2,1-2H3. The van der Waals surface area contributed by atoms with Crippen molar-refractivity contribution in [1.29, 1.82) is 0 Å². The zero-order chi connectivity index (χ0) is 16.1. The molecule has 7 heteroatoms. The molecule has 0 atom stereocenters. The summed E-state index contributed by atoms with van der Waals surface area (Å²) in [5.41, 5.74) is 2.10. The van der Waals surface area contributed by atoms with E-state index in [4.69, 9.17) is 14.2 Å². The number of benzene rings is 1. The smallest absolute Gasteiger partial charge is 0.237 e. The SMILES string of the molecule is CCCc1noc(CSc2nc3ccccc3n2CCOC)n1. The summed E-state index contributed by atoms with van der Waals surface area (Å²) in [4.78, 5) is 9.10. The van der Waals surface area contributed by atoms with Gasteiger partial charge in [-0.2, -0.15) is 4.98 Å². The summed E-state index contributed by atoms with van der Waals surface area (Å²) < 4.78 is 12.7. The summed E-state index contributed by atoms with van der Waals surface area (Å²) in [7, 11) is 1.71. The first kappa shape index (κ1) is 16.0. The molecule has 23 heavy (non-hydrogen) atoms. The number of aryl methyl sites for hydroxylation is 1. The molecule has 0 bridgehead atoms. The molecule has 6 nitrogen and oxygen atoms in total. The number of para-hydroxylation sites is 2. The molecule has 1 aromatic carbocycles. The van der Waals surface area contributed by atoms with Crippen molar-refractivity contribution in [3.8, 4) is 0 Å². The Morgan fingerprint density at radius 3 is 2.96 bits per heavy atom. The molecule has 0 spiro atoms. The Kier molecular flexibility index (Phi) is 5.30. The summed E-state index contributed by atoms with van der Waals surface area (Å²) in [6.45, 7) is 3.52. The molecule has 0 unspecified atom stereocenters. The molecule has 0 saturated carbocycles. The zero-order valence-electron chi connectivity index (χ0n) is 13.4. The van der Waals surface area contributed by atoms with Crippen molar-refractivity contribution in [2.75, 3.05) is 13.7 Å². The zero-order valence-corrected chi connectivity index (χ0v) is 14.2. The van der Waals surface area contributed by atoms with E-state index in [0.29, 0.717) is 18.3 Å². The maximum absolute atomic E-state index is 5.29. The maximum Gasteiger partial charge on any atom is 0.237 e. The van der Waals surface area contributed by atoms with E-state index in [2.05, 4.69) is 27.7 Å². The van der Waals surface area contributed by atoms with Crippen molar-refractivity contribution < 1.29 is 9.26 Å². The Morgan fingerprint density at radius 1 is 1.26 bits per heavy atom. The second kappa shape index (κ2) is 7.61. The number of imidazole rings is 1. The quantitative estimate of drug-likeness (QED) is 0.590. The van der Waals surface area contributed by atoms with Crippen LogP contribution in [-0.4, -0.2) is 33.4 Å². The number of thioether (sulfide) groups is 1. The van der Waals surface area contributed by atoms with E-state index in [1.807, 2.05) is 18.2 Å². The van der Waals surface area contributed by atoms with Gasteiger partial charge < -0.3 is 13.8 Å². The van der Waals surface area contributed by atoms with Gasteiger partial charge in [0.05, 0.1) is 23.4 Å². The number of nitrogens with zero attached hydrogens (tertiary/aromatic N) is 4. The molecule has 3 aromatic rings. The Hall–Kier alpha value is -1.86. The lowest BCUT2D eigenvalue weighted by Crippen LogP contribution is -2.05. The van der Waals surface area contributed by atoms with Gasteiger partial charge >= 0.3 is 0 Å². The molecule has 3 rings (SSSR count).